The standard InChI is InChI=1S/C10H13N3O2/c1-13(4-5-14)10-12-8-6-7(11)2-3-9(8)15-10/h2-3,6,14H,4-5,11H2,1H3. The van der Waals surface area contributed by atoms with E-state index in [0.717, 1.165) is 5.52 Å². The molecule has 0 saturated heterocycles. The first kappa shape index (κ1) is 9.79. The van der Waals surface area contributed by atoms with Gasteiger partial charge in [0.05, 0.1) is 6.61 Å². The van der Waals surface area contributed by atoms with Crippen LogP contribution < -0.4 is 10.6 Å². The van der Waals surface area contributed by atoms with Crippen LogP contribution in [-0.4, -0.2) is 30.3 Å². The second-order valence-corrected chi connectivity index (χ2v) is 3.37. The molecular formula is C10H13N3O2. The Kier molecular flexibility index (Phi) is 2.47. The van der Waals surface area contributed by atoms with Crippen LogP contribution >= 0.6 is 0 Å². The Morgan fingerprint density at radius 2 is 2.33 bits per heavy atom. The van der Waals surface area contributed by atoms with E-state index >= 15 is 0 Å². The van der Waals surface area contributed by atoms with E-state index in [0.29, 0.717) is 23.8 Å². The largest absolute Gasteiger partial charge is 0.423 e. The second-order valence-electron chi connectivity index (χ2n) is 3.37. The molecule has 0 fully saturated rings. The van der Waals surface area contributed by atoms with Crippen LogP contribution in [0.3, 0.4) is 0 Å². The number of anilines is 2. The summed E-state index contributed by atoms with van der Waals surface area (Å²) in [7, 11) is 1.81. The van der Waals surface area contributed by atoms with Gasteiger partial charge in [0.25, 0.3) is 6.01 Å². The van der Waals surface area contributed by atoms with E-state index in [9.17, 15) is 0 Å². The van der Waals surface area contributed by atoms with Crippen LogP contribution in [-0.2, 0) is 0 Å². The lowest BCUT2D eigenvalue weighted by molar-refractivity contribution is 0.301. The van der Waals surface area contributed by atoms with Crippen molar-refractivity contribution >= 4 is 22.8 Å². The lowest BCUT2D eigenvalue weighted by atomic mass is 10.3. The number of rotatable bonds is 3. The first-order chi connectivity index (χ1) is 7.20. The van der Waals surface area contributed by atoms with E-state index in [1.165, 1.54) is 0 Å². The molecule has 5 nitrogen and oxygen atoms in total. The first-order valence-electron chi connectivity index (χ1n) is 4.69. The van der Waals surface area contributed by atoms with Crippen molar-refractivity contribution in [3.63, 3.8) is 0 Å². The van der Waals surface area contributed by atoms with Crippen molar-refractivity contribution in [2.75, 3.05) is 30.8 Å². The van der Waals surface area contributed by atoms with E-state index in [-0.39, 0.29) is 6.61 Å². The van der Waals surface area contributed by atoms with Crippen LogP contribution in [0.15, 0.2) is 22.6 Å². The molecule has 0 bridgehead atoms. The zero-order valence-electron chi connectivity index (χ0n) is 8.47. The molecule has 80 valence electrons. The van der Waals surface area contributed by atoms with Gasteiger partial charge >= 0.3 is 0 Å². The van der Waals surface area contributed by atoms with Gasteiger partial charge in [0.15, 0.2) is 5.58 Å². The van der Waals surface area contributed by atoms with Gasteiger partial charge in [-0.3, -0.25) is 0 Å². The van der Waals surface area contributed by atoms with Gasteiger partial charge in [-0.05, 0) is 18.2 Å². The van der Waals surface area contributed by atoms with Crippen molar-refractivity contribution in [2.24, 2.45) is 0 Å². The number of benzene rings is 1. The number of likely N-dealkylation sites (N-methyl/N-ethyl adjacent to an activating group) is 1. The Hall–Kier alpha value is -1.75. The Balaban J connectivity index is 2.38. The number of hydrogen-bond acceptors (Lipinski definition) is 5. The van der Waals surface area contributed by atoms with Gasteiger partial charge in [0.1, 0.15) is 5.52 Å². The fourth-order valence-electron chi connectivity index (χ4n) is 1.34. The number of hydrogen-bond donors (Lipinski definition) is 2. The van der Waals surface area contributed by atoms with Crippen molar-refractivity contribution in [3.8, 4) is 0 Å². The summed E-state index contributed by atoms with van der Waals surface area (Å²) in [6.07, 6.45) is 0. The second kappa shape index (κ2) is 3.78. The normalized spacial score (nSPS) is 10.8. The maximum absolute atomic E-state index is 8.79. The maximum Gasteiger partial charge on any atom is 0.298 e. The molecule has 2 rings (SSSR count). The van der Waals surface area contributed by atoms with Crippen molar-refractivity contribution in [3.05, 3.63) is 18.2 Å². The van der Waals surface area contributed by atoms with E-state index in [1.54, 1.807) is 23.1 Å². The summed E-state index contributed by atoms with van der Waals surface area (Å²) in [6, 6.07) is 5.80. The topological polar surface area (TPSA) is 75.5 Å². The minimum absolute atomic E-state index is 0.0668. The van der Waals surface area contributed by atoms with Gasteiger partial charge in [-0.1, -0.05) is 0 Å². The summed E-state index contributed by atoms with van der Waals surface area (Å²) in [6.45, 7) is 0.555. The van der Waals surface area contributed by atoms with E-state index < -0.39 is 0 Å². The molecule has 0 aliphatic heterocycles. The van der Waals surface area contributed by atoms with Crippen molar-refractivity contribution in [1.29, 1.82) is 0 Å². The number of aliphatic hydroxyl groups excluding tert-OH is 1. The molecule has 0 aliphatic rings. The summed E-state index contributed by atoms with van der Waals surface area (Å²) >= 11 is 0. The van der Waals surface area contributed by atoms with Crippen molar-refractivity contribution in [2.45, 2.75) is 0 Å². The van der Waals surface area contributed by atoms with Crippen LogP contribution in [0.2, 0.25) is 0 Å². The average molecular weight is 207 g/mol. The molecule has 2 aromatic rings. The molecule has 5 heteroatoms. The van der Waals surface area contributed by atoms with Crippen LogP contribution in [0.5, 0.6) is 0 Å². The number of nitrogens with two attached hydrogens (primary N) is 1. The van der Waals surface area contributed by atoms with Gasteiger partial charge in [0.2, 0.25) is 0 Å². The van der Waals surface area contributed by atoms with Gasteiger partial charge in [0, 0.05) is 19.3 Å². The van der Waals surface area contributed by atoms with Gasteiger partial charge in [-0.15, -0.1) is 0 Å². The quantitative estimate of drug-likeness (QED) is 0.729. The Morgan fingerprint density at radius 1 is 1.53 bits per heavy atom. The SMILES string of the molecule is CN(CCO)c1nc2cc(N)ccc2o1. The molecule has 0 atom stereocenters. The third-order valence-electron chi connectivity index (χ3n) is 2.16. The predicted molar refractivity (Wildman–Crippen MR) is 58.8 cm³/mol. The molecular weight excluding hydrogens is 194 g/mol. The fourth-order valence-corrected chi connectivity index (χ4v) is 1.34. The number of nitrogens with zero attached hydrogens (tertiary/aromatic N) is 2. The summed E-state index contributed by atoms with van der Waals surface area (Å²) in [5.74, 6) is 0. The molecule has 1 aromatic carbocycles. The Morgan fingerprint density at radius 3 is 3.07 bits per heavy atom. The molecule has 0 saturated carbocycles. The van der Waals surface area contributed by atoms with Crippen LogP contribution in [0.25, 0.3) is 11.1 Å². The monoisotopic (exact) mass is 207 g/mol. The molecule has 0 amide bonds. The van der Waals surface area contributed by atoms with E-state index in [1.807, 2.05) is 7.05 Å². The van der Waals surface area contributed by atoms with Crippen LogP contribution in [0.4, 0.5) is 11.7 Å². The zero-order valence-corrected chi connectivity index (χ0v) is 8.47. The minimum Gasteiger partial charge on any atom is -0.423 e. The molecule has 0 spiro atoms. The van der Waals surface area contributed by atoms with Crippen LogP contribution in [0, 0.1) is 0 Å². The van der Waals surface area contributed by atoms with Crippen molar-refractivity contribution < 1.29 is 9.52 Å². The lowest BCUT2D eigenvalue weighted by Gasteiger charge is -2.11. The molecule has 3 N–H and O–H groups in total. The number of aromatic nitrogens is 1. The highest BCUT2D eigenvalue weighted by Crippen LogP contribution is 2.22. The van der Waals surface area contributed by atoms with Gasteiger partial charge < -0.3 is 20.2 Å². The molecule has 1 aromatic heterocycles. The van der Waals surface area contributed by atoms with Crippen molar-refractivity contribution in [1.82, 2.24) is 4.98 Å². The summed E-state index contributed by atoms with van der Waals surface area (Å²) in [4.78, 5) is 6.01. The third kappa shape index (κ3) is 1.87. The van der Waals surface area contributed by atoms with E-state index in [2.05, 4.69) is 4.98 Å². The summed E-state index contributed by atoms with van der Waals surface area (Å²) in [5.41, 5.74) is 7.72. The zero-order chi connectivity index (χ0) is 10.8. The third-order valence-corrected chi connectivity index (χ3v) is 2.16. The highest BCUT2D eigenvalue weighted by molar-refractivity contribution is 5.78. The van der Waals surface area contributed by atoms with Gasteiger partial charge in [-0.25, -0.2) is 0 Å². The first-order valence-corrected chi connectivity index (χ1v) is 4.69. The maximum atomic E-state index is 8.79. The smallest absolute Gasteiger partial charge is 0.298 e. The number of oxazole rings is 1. The minimum atomic E-state index is 0.0668. The summed E-state index contributed by atoms with van der Waals surface area (Å²) < 4.78 is 5.49. The predicted octanol–water partition coefficient (Wildman–Crippen LogP) is 0.838. The molecule has 0 aliphatic carbocycles. The average Bonchev–Trinajstić information content (AvgIpc) is 2.60. The highest BCUT2D eigenvalue weighted by Gasteiger charge is 2.09. The fraction of sp³-hybridized carbons (Fsp3) is 0.300. The molecule has 0 radical (unpaired) electrons. The number of aliphatic hydroxyl groups is 1. The lowest BCUT2D eigenvalue weighted by Crippen LogP contribution is -2.21. The van der Waals surface area contributed by atoms with Gasteiger partial charge in [-0.2, -0.15) is 4.98 Å². The molecule has 15 heavy (non-hydrogen) atoms. The summed E-state index contributed by atoms with van der Waals surface area (Å²) in [5, 5.41) is 8.79. The molecule has 0 unspecified atom stereocenters. The Labute approximate surface area is 87.1 Å². The highest BCUT2D eigenvalue weighted by atomic mass is 16.4. The molecule has 1 heterocycles. The Bertz CT molecular complexity index is 467. The number of fused-ring (bicyclic) bond motifs is 1. The van der Waals surface area contributed by atoms with E-state index in [4.69, 9.17) is 15.3 Å². The van der Waals surface area contributed by atoms with Crippen LogP contribution in [0.1, 0.15) is 0 Å². The number of nitrogen functional groups attached to an aromatic ring is 1.